The summed E-state index contributed by atoms with van der Waals surface area (Å²) in [5, 5.41) is 9.57. The van der Waals surface area contributed by atoms with Gasteiger partial charge in [0.1, 0.15) is 5.75 Å². The SMILES string of the molecule is CCOc1ccc(CN2CCC[C@]3(CCN(C)C3)C2)cc1CO. The molecule has 2 aliphatic rings. The zero-order valence-electron chi connectivity index (χ0n) is 14.6. The second-order valence-corrected chi connectivity index (χ2v) is 7.34. The van der Waals surface area contributed by atoms with Gasteiger partial charge in [-0.1, -0.05) is 6.07 Å². The van der Waals surface area contributed by atoms with Gasteiger partial charge < -0.3 is 14.7 Å². The molecule has 23 heavy (non-hydrogen) atoms. The fourth-order valence-electron chi connectivity index (χ4n) is 4.35. The summed E-state index contributed by atoms with van der Waals surface area (Å²) in [6.45, 7) is 8.50. The Morgan fingerprint density at radius 2 is 2.09 bits per heavy atom. The Morgan fingerprint density at radius 3 is 2.78 bits per heavy atom. The van der Waals surface area contributed by atoms with Gasteiger partial charge in [0.15, 0.2) is 0 Å². The summed E-state index contributed by atoms with van der Waals surface area (Å²) in [5.74, 6) is 0.811. The lowest BCUT2D eigenvalue weighted by atomic mass is 9.79. The van der Waals surface area contributed by atoms with Crippen LogP contribution < -0.4 is 4.74 Å². The van der Waals surface area contributed by atoms with E-state index in [1.165, 1.54) is 51.0 Å². The number of likely N-dealkylation sites (tertiary alicyclic amines) is 2. The predicted molar refractivity (Wildman–Crippen MR) is 92.6 cm³/mol. The molecule has 0 saturated carbocycles. The summed E-state index contributed by atoms with van der Waals surface area (Å²) >= 11 is 0. The standard InChI is InChI=1S/C19H30N2O2/c1-3-23-18-6-5-16(11-17(18)13-22)12-21-9-4-7-19(15-21)8-10-20(2)14-19/h5-6,11,22H,3-4,7-10,12-15H2,1-2H3/t19-/m1/s1. The minimum atomic E-state index is 0.0396. The largest absolute Gasteiger partial charge is 0.494 e. The fourth-order valence-corrected chi connectivity index (χ4v) is 4.35. The van der Waals surface area contributed by atoms with E-state index >= 15 is 0 Å². The quantitative estimate of drug-likeness (QED) is 0.905. The van der Waals surface area contributed by atoms with Crippen molar-refractivity contribution in [3.05, 3.63) is 29.3 Å². The van der Waals surface area contributed by atoms with E-state index < -0.39 is 0 Å². The van der Waals surface area contributed by atoms with Crippen LogP contribution >= 0.6 is 0 Å². The molecule has 0 unspecified atom stereocenters. The highest BCUT2D eigenvalue weighted by Gasteiger charge is 2.39. The Morgan fingerprint density at radius 1 is 1.22 bits per heavy atom. The van der Waals surface area contributed by atoms with Gasteiger partial charge in [-0.15, -0.1) is 0 Å². The summed E-state index contributed by atoms with van der Waals surface area (Å²) < 4.78 is 5.58. The van der Waals surface area contributed by atoms with Crippen LogP contribution in [0.4, 0.5) is 0 Å². The van der Waals surface area contributed by atoms with Crippen LogP contribution in [0.25, 0.3) is 0 Å². The molecule has 1 aromatic carbocycles. The summed E-state index contributed by atoms with van der Waals surface area (Å²) in [4.78, 5) is 5.07. The van der Waals surface area contributed by atoms with Gasteiger partial charge in [0.25, 0.3) is 0 Å². The molecule has 1 aromatic rings. The molecule has 3 rings (SSSR count). The second kappa shape index (κ2) is 7.20. The zero-order valence-corrected chi connectivity index (χ0v) is 14.6. The van der Waals surface area contributed by atoms with Gasteiger partial charge in [-0.2, -0.15) is 0 Å². The van der Waals surface area contributed by atoms with E-state index in [0.717, 1.165) is 17.9 Å². The molecule has 0 bridgehead atoms. The lowest BCUT2D eigenvalue weighted by Gasteiger charge is -2.40. The average Bonchev–Trinajstić information content (AvgIpc) is 2.89. The summed E-state index contributed by atoms with van der Waals surface area (Å²) in [7, 11) is 2.24. The maximum absolute atomic E-state index is 9.57. The molecule has 0 aromatic heterocycles. The molecule has 2 aliphatic heterocycles. The van der Waals surface area contributed by atoms with Crippen molar-refractivity contribution in [3.63, 3.8) is 0 Å². The van der Waals surface area contributed by atoms with Crippen molar-refractivity contribution in [1.82, 2.24) is 9.80 Å². The first kappa shape index (κ1) is 16.7. The van der Waals surface area contributed by atoms with Crippen LogP contribution in [0.1, 0.15) is 37.3 Å². The molecular weight excluding hydrogens is 288 g/mol. The Hall–Kier alpha value is -1.10. The molecule has 2 heterocycles. The summed E-state index contributed by atoms with van der Waals surface area (Å²) in [5.41, 5.74) is 2.69. The highest BCUT2D eigenvalue weighted by atomic mass is 16.5. The maximum Gasteiger partial charge on any atom is 0.124 e. The molecule has 4 nitrogen and oxygen atoms in total. The topological polar surface area (TPSA) is 35.9 Å². The van der Waals surface area contributed by atoms with Crippen LogP contribution in [0.5, 0.6) is 5.75 Å². The fraction of sp³-hybridized carbons (Fsp3) is 0.684. The Kier molecular flexibility index (Phi) is 5.24. The van der Waals surface area contributed by atoms with Crippen LogP contribution in [0.2, 0.25) is 0 Å². The van der Waals surface area contributed by atoms with E-state index in [9.17, 15) is 5.11 Å². The van der Waals surface area contributed by atoms with Crippen molar-refractivity contribution < 1.29 is 9.84 Å². The number of nitrogens with zero attached hydrogens (tertiary/aromatic N) is 2. The van der Waals surface area contributed by atoms with Crippen LogP contribution in [-0.4, -0.2) is 54.7 Å². The highest BCUT2D eigenvalue weighted by Crippen LogP contribution is 2.38. The third kappa shape index (κ3) is 3.87. The molecule has 2 fully saturated rings. The van der Waals surface area contributed by atoms with Crippen LogP contribution in [0, 0.1) is 5.41 Å². The van der Waals surface area contributed by atoms with Gasteiger partial charge in [0, 0.05) is 25.2 Å². The molecule has 0 radical (unpaired) electrons. The third-order valence-electron chi connectivity index (χ3n) is 5.37. The van der Waals surface area contributed by atoms with E-state index in [0.29, 0.717) is 12.0 Å². The van der Waals surface area contributed by atoms with E-state index in [-0.39, 0.29) is 6.61 Å². The van der Waals surface area contributed by atoms with E-state index in [2.05, 4.69) is 29.0 Å². The molecule has 1 spiro atoms. The Bertz CT molecular complexity index is 530. The van der Waals surface area contributed by atoms with Gasteiger partial charge >= 0.3 is 0 Å². The van der Waals surface area contributed by atoms with E-state index in [1.807, 2.05) is 13.0 Å². The molecular formula is C19H30N2O2. The number of piperidine rings is 1. The molecule has 0 aliphatic carbocycles. The first-order valence-corrected chi connectivity index (χ1v) is 8.90. The minimum absolute atomic E-state index is 0.0396. The first-order valence-electron chi connectivity index (χ1n) is 8.90. The second-order valence-electron chi connectivity index (χ2n) is 7.34. The number of aliphatic hydroxyl groups is 1. The number of ether oxygens (including phenoxy) is 1. The van der Waals surface area contributed by atoms with Gasteiger partial charge in [0.2, 0.25) is 0 Å². The number of aliphatic hydroxyl groups excluding tert-OH is 1. The van der Waals surface area contributed by atoms with Crippen LogP contribution in [-0.2, 0) is 13.2 Å². The van der Waals surface area contributed by atoms with Gasteiger partial charge in [0.05, 0.1) is 13.2 Å². The molecule has 2 saturated heterocycles. The number of rotatable bonds is 5. The molecule has 1 N–H and O–H groups in total. The monoisotopic (exact) mass is 318 g/mol. The Labute approximate surface area is 140 Å². The normalized spacial score (nSPS) is 26.0. The van der Waals surface area contributed by atoms with E-state index in [4.69, 9.17) is 4.74 Å². The zero-order chi connectivity index (χ0) is 16.3. The van der Waals surface area contributed by atoms with Crippen LogP contribution in [0.3, 0.4) is 0 Å². The van der Waals surface area contributed by atoms with Crippen molar-refractivity contribution in [2.75, 3.05) is 39.8 Å². The van der Waals surface area contributed by atoms with E-state index in [1.54, 1.807) is 0 Å². The lowest BCUT2D eigenvalue weighted by molar-refractivity contribution is 0.0899. The molecule has 1 atom stereocenters. The highest BCUT2D eigenvalue weighted by molar-refractivity contribution is 5.37. The number of hydrogen-bond acceptors (Lipinski definition) is 4. The van der Waals surface area contributed by atoms with Crippen molar-refractivity contribution in [2.24, 2.45) is 5.41 Å². The molecule has 0 amide bonds. The van der Waals surface area contributed by atoms with Crippen molar-refractivity contribution in [1.29, 1.82) is 0 Å². The lowest BCUT2D eigenvalue weighted by Crippen LogP contribution is -2.44. The number of hydrogen-bond donors (Lipinski definition) is 1. The third-order valence-corrected chi connectivity index (χ3v) is 5.37. The van der Waals surface area contributed by atoms with Crippen molar-refractivity contribution in [2.45, 2.75) is 39.3 Å². The minimum Gasteiger partial charge on any atom is -0.494 e. The first-order chi connectivity index (χ1) is 11.1. The average molecular weight is 318 g/mol. The van der Waals surface area contributed by atoms with Gasteiger partial charge in [-0.25, -0.2) is 0 Å². The maximum atomic E-state index is 9.57. The molecule has 4 heteroatoms. The molecule has 128 valence electrons. The summed E-state index contributed by atoms with van der Waals surface area (Å²) in [6, 6.07) is 6.26. The van der Waals surface area contributed by atoms with Crippen molar-refractivity contribution in [3.8, 4) is 5.75 Å². The summed E-state index contributed by atoms with van der Waals surface area (Å²) in [6.07, 6.45) is 4.02. The van der Waals surface area contributed by atoms with Gasteiger partial charge in [-0.05, 0) is 69.4 Å². The Balaban J connectivity index is 1.67. The van der Waals surface area contributed by atoms with Gasteiger partial charge in [-0.3, -0.25) is 4.90 Å². The van der Waals surface area contributed by atoms with Crippen molar-refractivity contribution >= 4 is 0 Å². The predicted octanol–water partition coefficient (Wildman–Crippen LogP) is 2.50. The van der Waals surface area contributed by atoms with Crippen LogP contribution in [0.15, 0.2) is 18.2 Å². The number of benzene rings is 1. The smallest absolute Gasteiger partial charge is 0.124 e.